The number of aliphatic carboxylic acids is 1. The van der Waals surface area contributed by atoms with E-state index < -0.39 is 17.8 Å². The van der Waals surface area contributed by atoms with Gasteiger partial charge in [-0.15, -0.1) is 0 Å². The van der Waals surface area contributed by atoms with Crippen molar-refractivity contribution in [1.29, 1.82) is 5.41 Å². The number of carboxylic acid groups (broad SMARTS) is 1. The van der Waals surface area contributed by atoms with Crippen LogP contribution in [0.5, 0.6) is 0 Å². The summed E-state index contributed by atoms with van der Waals surface area (Å²) in [6.07, 6.45) is 3.01. The number of hydrogen-bond donors (Lipinski definition) is 3. The monoisotopic (exact) mass is 382 g/mol. The molecule has 144 valence electrons. The second-order valence-electron chi connectivity index (χ2n) is 6.22. The van der Waals surface area contributed by atoms with E-state index >= 15 is 0 Å². The van der Waals surface area contributed by atoms with Gasteiger partial charge in [-0.3, -0.25) is 19.8 Å². The van der Waals surface area contributed by atoms with Gasteiger partial charge in [-0.25, -0.2) is 9.97 Å². The van der Waals surface area contributed by atoms with Crippen molar-refractivity contribution < 1.29 is 19.5 Å². The van der Waals surface area contributed by atoms with Gasteiger partial charge in [0.1, 0.15) is 18.9 Å². The van der Waals surface area contributed by atoms with Crippen LogP contribution in [0.15, 0.2) is 36.7 Å². The summed E-state index contributed by atoms with van der Waals surface area (Å²) in [5, 5.41) is 16.2. The SMILES string of the molecule is N=C(N)c1ccc(-c2cnc(C(=O)N3CCN(CC(=O)O)C(=O)C3)nc2)cc1. The van der Waals surface area contributed by atoms with Crippen LogP contribution in [-0.4, -0.2) is 74.7 Å². The van der Waals surface area contributed by atoms with Crippen molar-refractivity contribution in [3.63, 3.8) is 0 Å². The summed E-state index contributed by atoms with van der Waals surface area (Å²) in [7, 11) is 0. The number of nitrogens with two attached hydrogens (primary N) is 1. The highest BCUT2D eigenvalue weighted by Crippen LogP contribution is 2.18. The molecule has 1 aliphatic heterocycles. The van der Waals surface area contributed by atoms with Crippen LogP contribution in [0.1, 0.15) is 16.2 Å². The predicted molar refractivity (Wildman–Crippen MR) is 98.6 cm³/mol. The standard InChI is InChI=1S/C18H18N6O4/c19-16(20)12-3-1-11(2-4-12)13-7-21-17(22-8-13)18(28)24-6-5-23(10-15(26)27)14(25)9-24/h1-4,7-8H,5-6,9-10H2,(H3,19,20)(H,26,27). The van der Waals surface area contributed by atoms with Gasteiger partial charge < -0.3 is 20.6 Å². The van der Waals surface area contributed by atoms with Gasteiger partial charge >= 0.3 is 5.97 Å². The summed E-state index contributed by atoms with van der Waals surface area (Å²) in [4.78, 5) is 45.9. The molecule has 0 bridgehead atoms. The molecule has 1 fully saturated rings. The Kier molecular flexibility index (Phi) is 5.30. The maximum atomic E-state index is 12.5. The van der Waals surface area contributed by atoms with Gasteiger partial charge in [-0.05, 0) is 5.56 Å². The molecule has 10 heteroatoms. The van der Waals surface area contributed by atoms with Crippen LogP contribution in [0, 0.1) is 5.41 Å². The van der Waals surface area contributed by atoms with Gasteiger partial charge in [0.15, 0.2) is 0 Å². The highest BCUT2D eigenvalue weighted by Gasteiger charge is 2.29. The molecular weight excluding hydrogens is 364 g/mol. The smallest absolute Gasteiger partial charge is 0.323 e. The second kappa shape index (κ2) is 7.82. The molecule has 10 nitrogen and oxygen atoms in total. The zero-order chi connectivity index (χ0) is 20.3. The topological polar surface area (TPSA) is 154 Å². The lowest BCUT2D eigenvalue weighted by molar-refractivity contribution is -0.146. The third-order valence-corrected chi connectivity index (χ3v) is 4.30. The zero-order valence-electron chi connectivity index (χ0n) is 14.8. The van der Waals surface area contributed by atoms with Crippen molar-refractivity contribution in [2.24, 2.45) is 5.73 Å². The summed E-state index contributed by atoms with van der Waals surface area (Å²) < 4.78 is 0. The van der Waals surface area contributed by atoms with Crippen LogP contribution in [0.4, 0.5) is 0 Å². The first kappa shape index (κ1) is 19.0. The quantitative estimate of drug-likeness (QED) is 0.478. The molecule has 4 N–H and O–H groups in total. The fourth-order valence-corrected chi connectivity index (χ4v) is 2.78. The van der Waals surface area contributed by atoms with E-state index in [1.54, 1.807) is 24.3 Å². The van der Waals surface area contributed by atoms with Crippen LogP contribution in [0.3, 0.4) is 0 Å². The van der Waals surface area contributed by atoms with E-state index in [-0.39, 0.29) is 37.8 Å². The molecule has 0 spiro atoms. The van der Waals surface area contributed by atoms with Crippen LogP contribution >= 0.6 is 0 Å². The molecule has 0 aliphatic carbocycles. The van der Waals surface area contributed by atoms with E-state index in [1.807, 2.05) is 0 Å². The molecule has 1 aromatic heterocycles. The molecule has 1 aromatic carbocycles. The Morgan fingerprint density at radius 2 is 1.75 bits per heavy atom. The minimum Gasteiger partial charge on any atom is -0.480 e. The first-order valence-corrected chi connectivity index (χ1v) is 8.41. The zero-order valence-corrected chi connectivity index (χ0v) is 14.8. The predicted octanol–water partition coefficient (Wildman–Crippen LogP) is -0.203. The molecule has 28 heavy (non-hydrogen) atoms. The molecule has 0 saturated carbocycles. The number of hydrogen-bond acceptors (Lipinski definition) is 6. The lowest BCUT2D eigenvalue weighted by Gasteiger charge is -2.32. The number of amides is 2. The molecule has 0 radical (unpaired) electrons. The highest BCUT2D eigenvalue weighted by molar-refractivity contribution is 5.96. The van der Waals surface area contributed by atoms with Gasteiger partial charge in [0.2, 0.25) is 11.7 Å². The average molecular weight is 382 g/mol. The Hall–Kier alpha value is -3.82. The number of benzene rings is 1. The number of nitrogens with one attached hydrogen (secondary N) is 1. The van der Waals surface area contributed by atoms with E-state index in [2.05, 4.69) is 9.97 Å². The Morgan fingerprint density at radius 3 is 2.29 bits per heavy atom. The van der Waals surface area contributed by atoms with E-state index in [9.17, 15) is 14.4 Å². The van der Waals surface area contributed by atoms with Crippen molar-refractivity contribution in [1.82, 2.24) is 19.8 Å². The number of carbonyl (C=O) groups excluding carboxylic acids is 2. The van der Waals surface area contributed by atoms with Crippen molar-refractivity contribution in [3.05, 3.63) is 48.0 Å². The molecular formula is C18H18N6O4. The number of rotatable bonds is 5. The minimum atomic E-state index is -1.09. The van der Waals surface area contributed by atoms with E-state index in [0.29, 0.717) is 11.1 Å². The van der Waals surface area contributed by atoms with Crippen LogP contribution in [0.2, 0.25) is 0 Å². The number of piperazine rings is 1. The second-order valence-corrected chi connectivity index (χ2v) is 6.22. The Bertz CT molecular complexity index is 926. The Balaban J connectivity index is 1.68. The normalized spacial score (nSPS) is 14.1. The molecule has 0 atom stereocenters. The fourth-order valence-electron chi connectivity index (χ4n) is 2.78. The van der Waals surface area contributed by atoms with Gasteiger partial charge in [-0.2, -0.15) is 0 Å². The Morgan fingerprint density at radius 1 is 1.11 bits per heavy atom. The van der Waals surface area contributed by atoms with Crippen LogP contribution in [0.25, 0.3) is 11.1 Å². The number of nitrogen functional groups attached to an aromatic ring is 1. The average Bonchev–Trinajstić information content (AvgIpc) is 2.69. The van der Waals surface area contributed by atoms with E-state index in [0.717, 1.165) is 5.56 Å². The maximum absolute atomic E-state index is 12.5. The number of carboxylic acids is 1. The lowest BCUT2D eigenvalue weighted by Crippen LogP contribution is -2.53. The van der Waals surface area contributed by atoms with Crippen molar-refractivity contribution in [3.8, 4) is 11.1 Å². The van der Waals surface area contributed by atoms with Gasteiger partial charge in [0.05, 0.1) is 0 Å². The number of amidine groups is 1. The first-order chi connectivity index (χ1) is 13.3. The van der Waals surface area contributed by atoms with Crippen LogP contribution in [-0.2, 0) is 9.59 Å². The van der Waals surface area contributed by atoms with Crippen molar-refractivity contribution in [2.75, 3.05) is 26.2 Å². The summed E-state index contributed by atoms with van der Waals surface area (Å²) in [5.74, 6) is -2.07. The molecule has 3 rings (SSSR count). The molecule has 2 amide bonds. The lowest BCUT2D eigenvalue weighted by atomic mass is 10.1. The third kappa shape index (κ3) is 4.11. The minimum absolute atomic E-state index is 0.0262. The third-order valence-electron chi connectivity index (χ3n) is 4.30. The number of carbonyl (C=O) groups is 3. The molecule has 2 aromatic rings. The van der Waals surface area contributed by atoms with Crippen molar-refractivity contribution in [2.45, 2.75) is 0 Å². The summed E-state index contributed by atoms with van der Waals surface area (Å²) in [6, 6.07) is 6.96. The molecule has 1 saturated heterocycles. The van der Waals surface area contributed by atoms with Gasteiger partial charge in [0, 0.05) is 36.6 Å². The largest absolute Gasteiger partial charge is 0.480 e. The van der Waals surface area contributed by atoms with Gasteiger partial charge in [-0.1, -0.05) is 24.3 Å². The summed E-state index contributed by atoms with van der Waals surface area (Å²) >= 11 is 0. The number of aromatic nitrogens is 2. The molecule has 2 heterocycles. The fraction of sp³-hybridized carbons (Fsp3) is 0.222. The van der Waals surface area contributed by atoms with E-state index in [4.69, 9.17) is 16.2 Å². The van der Waals surface area contributed by atoms with Crippen LogP contribution < -0.4 is 5.73 Å². The maximum Gasteiger partial charge on any atom is 0.323 e. The molecule has 1 aliphatic rings. The van der Waals surface area contributed by atoms with E-state index in [1.165, 1.54) is 22.2 Å². The Labute approximate surface area is 160 Å². The first-order valence-electron chi connectivity index (χ1n) is 8.41. The van der Waals surface area contributed by atoms with Gasteiger partial charge in [0.25, 0.3) is 5.91 Å². The number of nitrogens with zero attached hydrogens (tertiary/aromatic N) is 4. The highest BCUT2D eigenvalue weighted by atomic mass is 16.4. The summed E-state index contributed by atoms with van der Waals surface area (Å²) in [6.45, 7) is -0.217. The molecule has 0 unspecified atom stereocenters. The van der Waals surface area contributed by atoms with Crippen molar-refractivity contribution >= 4 is 23.6 Å². The summed E-state index contributed by atoms with van der Waals surface area (Å²) in [5.41, 5.74) is 7.52.